The molecule has 1 aliphatic rings. The maximum Gasteiger partial charge on any atom is 0.279 e. The molecule has 1 aromatic rings. The summed E-state index contributed by atoms with van der Waals surface area (Å²) in [5, 5.41) is 0.0471. The van der Waals surface area contributed by atoms with Gasteiger partial charge in [0.05, 0.1) is 6.33 Å². The van der Waals surface area contributed by atoms with Gasteiger partial charge in [0.25, 0.3) is 16.7 Å². The van der Waals surface area contributed by atoms with Gasteiger partial charge in [-0.3, -0.25) is 4.79 Å². The van der Waals surface area contributed by atoms with Crippen LogP contribution in [0.25, 0.3) is 0 Å². The third-order valence-electron chi connectivity index (χ3n) is 1.14. The molecule has 11 heavy (non-hydrogen) atoms. The van der Waals surface area contributed by atoms with E-state index < -0.39 is 16.7 Å². The predicted molar refractivity (Wildman–Crippen MR) is 35.3 cm³/mol. The van der Waals surface area contributed by atoms with Gasteiger partial charge in [0.15, 0.2) is 10.8 Å². The molecule has 1 unspecified atom stereocenters. The average molecular weight is 170 g/mol. The fourth-order valence-corrected chi connectivity index (χ4v) is 1.35. The van der Waals surface area contributed by atoms with E-state index in [0.29, 0.717) is 0 Å². The summed E-state index contributed by atoms with van der Waals surface area (Å²) in [6, 6.07) is 0. The van der Waals surface area contributed by atoms with Gasteiger partial charge in [0.2, 0.25) is 0 Å². The largest absolute Gasteiger partial charge is 0.311 e. The maximum absolute atomic E-state index is 10.9. The Balaban J connectivity index is 3.10. The van der Waals surface area contributed by atoms with Gasteiger partial charge in [-0.2, -0.15) is 4.40 Å². The van der Waals surface area contributed by atoms with Crippen LogP contribution in [0.4, 0.5) is 0 Å². The Morgan fingerprint density at radius 2 is 2.27 bits per heavy atom. The lowest BCUT2D eigenvalue weighted by atomic mass is 10.6. The summed E-state index contributed by atoms with van der Waals surface area (Å²) in [6.07, 6.45) is 1.20. The van der Waals surface area contributed by atoms with Gasteiger partial charge in [-0.25, -0.2) is 9.19 Å². The van der Waals surface area contributed by atoms with Crippen molar-refractivity contribution in [3.8, 4) is 0 Å². The highest BCUT2D eigenvalue weighted by Crippen LogP contribution is 1.81. The first-order chi connectivity index (χ1) is 5.27. The highest BCUT2D eigenvalue weighted by molar-refractivity contribution is 7.82. The molecule has 56 valence electrons. The normalized spacial score (nSPS) is 20.2. The van der Waals surface area contributed by atoms with Crippen LogP contribution >= 0.6 is 0 Å². The minimum Gasteiger partial charge on any atom is -0.311 e. The monoisotopic (exact) mass is 170 g/mol. The molecular formula is C4H2N4O2S. The Labute approximate surface area is 62.5 Å². The van der Waals surface area contributed by atoms with Crippen LogP contribution in [0.5, 0.6) is 0 Å². The summed E-state index contributed by atoms with van der Waals surface area (Å²) < 4.78 is 17.6. The van der Waals surface area contributed by atoms with Crippen molar-refractivity contribution < 1.29 is 4.21 Å². The van der Waals surface area contributed by atoms with Crippen molar-refractivity contribution >= 4 is 11.2 Å². The zero-order valence-electron chi connectivity index (χ0n) is 5.14. The van der Waals surface area contributed by atoms with Crippen LogP contribution in [-0.2, 0) is 11.2 Å². The van der Waals surface area contributed by atoms with Crippen LogP contribution in [0.15, 0.2) is 19.9 Å². The number of nitrogens with one attached hydrogen (secondary N) is 1. The summed E-state index contributed by atoms with van der Waals surface area (Å²) in [5.74, 6) is 0. The zero-order chi connectivity index (χ0) is 7.84. The lowest BCUT2D eigenvalue weighted by molar-refractivity contribution is 0.685. The van der Waals surface area contributed by atoms with Crippen LogP contribution in [-0.4, -0.2) is 14.2 Å². The molecule has 1 aliphatic heterocycles. The Morgan fingerprint density at radius 1 is 1.45 bits per heavy atom. The molecule has 0 amide bonds. The van der Waals surface area contributed by atoms with Crippen LogP contribution in [0.3, 0.4) is 0 Å². The number of fused-ring (bicyclic) bond motifs is 1. The van der Waals surface area contributed by atoms with Crippen LogP contribution in [0.2, 0.25) is 0 Å². The molecule has 0 fully saturated rings. The van der Waals surface area contributed by atoms with E-state index in [1.165, 1.54) is 6.33 Å². The molecule has 0 saturated heterocycles. The summed E-state index contributed by atoms with van der Waals surface area (Å²) in [4.78, 5) is 16.8. The highest BCUT2D eigenvalue weighted by atomic mass is 32.2. The molecule has 2 rings (SSSR count). The smallest absolute Gasteiger partial charge is 0.279 e. The van der Waals surface area contributed by atoms with E-state index in [1.54, 1.807) is 0 Å². The summed E-state index contributed by atoms with van der Waals surface area (Å²) in [7, 11) is 0. The fourth-order valence-electron chi connectivity index (χ4n) is 0.705. The van der Waals surface area contributed by atoms with E-state index in [-0.39, 0.29) is 10.8 Å². The second-order valence-electron chi connectivity index (χ2n) is 1.82. The number of rotatable bonds is 0. The topological polar surface area (TPSA) is 87.5 Å². The molecule has 1 aromatic heterocycles. The average Bonchev–Trinajstić information content (AvgIpc) is 2.31. The molecule has 0 bridgehead atoms. The number of aromatic nitrogens is 2. The minimum atomic E-state index is -1.66. The first kappa shape index (κ1) is 6.35. The van der Waals surface area contributed by atoms with Gasteiger partial charge < -0.3 is 4.98 Å². The Kier molecular flexibility index (Phi) is 1.19. The first-order valence-electron chi connectivity index (χ1n) is 2.70. The summed E-state index contributed by atoms with van der Waals surface area (Å²) in [6.45, 7) is 0. The van der Waals surface area contributed by atoms with Gasteiger partial charge >= 0.3 is 0 Å². The molecule has 0 aliphatic carbocycles. The first-order valence-corrected chi connectivity index (χ1v) is 3.77. The number of nitrogens with zero attached hydrogens (tertiary/aromatic N) is 3. The number of H-pyrrole nitrogens is 1. The second kappa shape index (κ2) is 2.06. The standard InChI is InChI=1S/C4H2N4O2S/c9-4-2-3(5-1-6-4)8-11(10)7-2/h1H,(H,5,6,8,9). The van der Waals surface area contributed by atoms with Gasteiger partial charge in [0.1, 0.15) is 0 Å². The lowest BCUT2D eigenvalue weighted by Crippen LogP contribution is -2.40. The van der Waals surface area contributed by atoms with Crippen molar-refractivity contribution in [1.29, 1.82) is 0 Å². The van der Waals surface area contributed by atoms with Gasteiger partial charge in [-0.15, -0.1) is 4.40 Å². The Bertz CT molecular complexity index is 490. The fraction of sp³-hybridized carbons (Fsp3) is 0. The maximum atomic E-state index is 10.9. The van der Waals surface area contributed by atoms with Gasteiger partial charge in [-0.05, 0) is 0 Å². The molecule has 2 heterocycles. The van der Waals surface area contributed by atoms with Gasteiger partial charge in [-0.1, -0.05) is 0 Å². The van der Waals surface area contributed by atoms with E-state index in [1.807, 2.05) is 0 Å². The van der Waals surface area contributed by atoms with Crippen LogP contribution in [0.1, 0.15) is 0 Å². The summed E-state index contributed by atoms with van der Waals surface area (Å²) in [5.41, 5.74) is -0.267. The Hall–Kier alpha value is -1.37. The quantitative estimate of drug-likeness (QED) is 0.471. The molecule has 7 heteroatoms. The molecule has 1 atom stereocenters. The van der Waals surface area contributed by atoms with E-state index in [4.69, 9.17) is 0 Å². The van der Waals surface area contributed by atoms with Crippen LogP contribution < -0.4 is 16.4 Å². The molecule has 0 aromatic carbocycles. The SMILES string of the molecule is O=c1[nH]cnc2c1=NS(=O)N=2. The Morgan fingerprint density at radius 3 is 3.00 bits per heavy atom. The number of hydrogen-bond donors (Lipinski definition) is 1. The minimum absolute atomic E-state index is 0.0471. The molecule has 0 radical (unpaired) electrons. The number of hydrogen-bond acceptors (Lipinski definition) is 3. The third-order valence-corrected chi connectivity index (χ3v) is 1.81. The molecule has 0 spiro atoms. The van der Waals surface area contributed by atoms with E-state index >= 15 is 0 Å². The zero-order valence-corrected chi connectivity index (χ0v) is 5.96. The third kappa shape index (κ3) is 0.891. The molecule has 0 saturated carbocycles. The van der Waals surface area contributed by atoms with Crippen molar-refractivity contribution in [3.63, 3.8) is 0 Å². The second-order valence-corrected chi connectivity index (χ2v) is 2.64. The highest BCUT2D eigenvalue weighted by Gasteiger charge is 2.06. The van der Waals surface area contributed by atoms with Crippen molar-refractivity contribution in [3.05, 3.63) is 27.5 Å². The van der Waals surface area contributed by atoms with Crippen LogP contribution in [0, 0.1) is 0 Å². The molecule has 1 N–H and O–H groups in total. The van der Waals surface area contributed by atoms with Crippen molar-refractivity contribution in [2.24, 2.45) is 8.80 Å². The van der Waals surface area contributed by atoms with E-state index in [9.17, 15) is 9.00 Å². The van der Waals surface area contributed by atoms with Crippen molar-refractivity contribution in [1.82, 2.24) is 9.97 Å². The molecular weight excluding hydrogens is 168 g/mol. The van der Waals surface area contributed by atoms with E-state index in [2.05, 4.69) is 18.8 Å². The number of aromatic amines is 1. The van der Waals surface area contributed by atoms with Crippen molar-refractivity contribution in [2.45, 2.75) is 0 Å². The lowest BCUT2D eigenvalue weighted by Gasteiger charge is -1.76. The van der Waals surface area contributed by atoms with Crippen molar-refractivity contribution in [2.75, 3.05) is 0 Å². The van der Waals surface area contributed by atoms with E-state index in [0.717, 1.165) is 0 Å². The van der Waals surface area contributed by atoms with Gasteiger partial charge in [0, 0.05) is 0 Å². The predicted octanol–water partition coefficient (Wildman–Crippen LogP) is -2.40. The summed E-state index contributed by atoms with van der Waals surface area (Å²) >= 11 is -1.66. The molecule has 6 nitrogen and oxygen atoms in total.